The zero-order valence-corrected chi connectivity index (χ0v) is 11.5. The summed E-state index contributed by atoms with van der Waals surface area (Å²) in [7, 11) is 0. The molecule has 1 atom stereocenters. The molecule has 1 aromatic heterocycles. The molecule has 0 bridgehead atoms. The molecule has 0 fully saturated rings. The number of nitriles is 2. The molecule has 2 aromatic rings. The van der Waals surface area contributed by atoms with Crippen LogP contribution in [-0.2, 0) is 0 Å². The van der Waals surface area contributed by atoms with Gasteiger partial charge in [-0.2, -0.15) is 10.5 Å². The van der Waals surface area contributed by atoms with Gasteiger partial charge in [0.05, 0.1) is 17.1 Å². The van der Waals surface area contributed by atoms with Gasteiger partial charge in [0, 0.05) is 29.3 Å². The number of hydrogen-bond acceptors (Lipinski definition) is 5. The third-order valence-electron chi connectivity index (χ3n) is 3.37. The number of non-ortho nitro benzene ring substituents is 1. The maximum atomic E-state index is 12.0. The quantitative estimate of drug-likeness (QED) is 0.653. The van der Waals surface area contributed by atoms with Crippen molar-refractivity contribution in [3.8, 4) is 12.1 Å². The van der Waals surface area contributed by atoms with Crippen molar-refractivity contribution in [2.75, 3.05) is 0 Å². The standard InChI is InChI=1S/C14H11N5O3/c1-8-12(14(20)18-17-8)13(10(6-15)7-16)9-3-2-4-11(5-9)19(21)22/h2-5,10,13H,1H3,(H2,17,18,20). The first-order chi connectivity index (χ1) is 10.5. The predicted molar refractivity (Wildman–Crippen MR) is 75.8 cm³/mol. The zero-order valence-electron chi connectivity index (χ0n) is 11.5. The van der Waals surface area contributed by atoms with Gasteiger partial charge in [-0.1, -0.05) is 12.1 Å². The molecule has 22 heavy (non-hydrogen) atoms. The van der Waals surface area contributed by atoms with E-state index in [1.807, 2.05) is 12.1 Å². The van der Waals surface area contributed by atoms with Crippen LogP contribution in [0.15, 0.2) is 29.1 Å². The Balaban J connectivity index is 2.68. The van der Waals surface area contributed by atoms with Gasteiger partial charge >= 0.3 is 0 Å². The van der Waals surface area contributed by atoms with E-state index in [4.69, 9.17) is 0 Å². The molecular weight excluding hydrogens is 286 g/mol. The Morgan fingerprint density at radius 1 is 1.27 bits per heavy atom. The van der Waals surface area contributed by atoms with E-state index in [-0.39, 0.29) is 11.3 Å². The zero-order chi connectivity index (χ0) is 16.3. The van der Waals surface area contributed by atoms with Crippen LogP contribution in [0.2, 0.25) is 0 Å². The Morgan fingerprint density at radius 3 is 2.45 bits per heavy atom. The first kappa shape index (κ1) is 15.0. The number of aryl methyl sites for hydroxylation is 1. The van der Waals surface area contributed by atoms with Gasteiger partial charge in [-0.05, 0) is 12.5 Å². The van der Waals surface area contributed by atoms with Crippen LogP contribution in [0, 0.1) is 45.6 Å². The highest BCUT2D eigenvalue weighted by Gasteiger charge is 2.30. The molecule has 0 spiro atoms. The molecular formula is C14H11N5O3. The van der Waals surface area contributed by atoms with Gasteiger partial charge in [0.15, 0.2) is 0 Å². The van der Waals surface area contributed by atoms with Crippen LogP contribution in [0.3, 0.4) is 0 Å². The summed E-state index contributed by atoms with van der Waals surface area (Å²) in [5, 5.41) is 34.3. The minimum Gasteiger partial charge on any atom is -0.302 e. The molecule has 0 aliphatic carbocycles. The van der Waals surface area contributed by atoms with Crippen molar-refractivity contribution in [2.45, 2.75) is 12.8 Å². The van der Waals surface area contributed by atoms with E-state index in [2.05, 4.69) is 10.2 Å². The molecule has 2 rings (SSSR count). The van der Waals surface area contributed by atoms with Crippen LogP contribution in [0.1, 0.15) is 22.7 Å². The van der Waals surface area contributed by atoms with E-state index >= 15 is 0 Å². The Bertz CT molecular complexity index is 838. The van der Waals surface area contributed by atoms with Crippen LogP contribution in [-0.4, -0.2) is 15.1 Å². The third kappa shape index (κ3) is 2.58. The van der Waals surface area contributed by atoms with Gasteiger partial charge in [-0.15, -0.1) is 0 Å². The highest BCUT2D eigenvalue weighted by Crippen LogP contribution is 2.32. The number of aromatic amines is 2. The van der Waals surface area contributed by atoms with Crippen LogP contribution in [0.25, 0.3) is 0 Å². The van der Waals surface area contributed by atoms with Gasteiger partial charge < -0.3 is 5.10 Å². The largest absolute Gasteiger partial charge is 0.302 e. The maximum Gasteiger partial charge on any atom is 0.269 e. The highest BCUT2D eigenvalue weighted by atomic mass is 16.6. The van der Waals surface area contributed by atoms with Crippen molar-refractivity contribution in [3.05, 3.63) is 61.6 Å². The Hall–Kier alpha value is -3.39. The summed E-state index contributed by atoms with van der Waals surface area (Å²) < 4.78 is 0. The summed E-state index contributed by atoms with van der Waals surface area (Å²) in [5.41, 5.74) is 0.465. The van der Waals surface area contributed by atoms with Crippen LogP contribution >= 0.6 is 0 Å². The summed E-state index contributed by atoms with van der Waals surface area (Å²) >= 11 is 0. The van der Waals surface area contributed by atoms with Crippen LogP contribution in [0.5, 0.6) is 0 Å². The summed E-state index contributed by atoms with van der Waals surface area (Å²) in [6, 6.07) is 9.29. The van der Waals surface area contributed by atoms with Crippen LogP contribution < -0.4 is 5.56 Å². The summed E-state index contributed by atoms with van der Waals surface area (Å²) in [4.78, 5) is 22.3. The monoisotopic (exact) mass is 297 g/mol. The Labute approximate surface area is 124 Å². The second-order valence-corrected chi connectivity index (χ2v) is 4.68. The Morgan fingerprint density at radius 2 is 1.95 bits per heavy atom. The molecule has 8 nitrogen and oxygen atoms in total. The van der Waals surface area contributed by atoms with Crippen molar-refractivity contribution < 1.29 is 4.92 Å². The lowest BCUT2D eigenvalue weighted by Gasteiger charge is -2.16. The molecule has 1 unspecified atom stereocenters. The van der Waals surface area contributed by atoms with Gasteiger partial charge in [0.1, 0.15) is 5.92 Å². The van der Waals surface area contributed by atoms with Crippen LogP contribution in [0.4, 0.5) is 5.69 Å². The molecule has 0 aliphatic rings. The van der Waals surface area contributed by atoms with Gasteiger partial charge in [-0.25, -0.2) is 0 Å². The number of hydrogen-bond donors (Lipinski definition) is 2. The minimum atomic E-state index is -1.14. The SMILES string of the molecule is Cc1[nH][nH]c(=O)c1C(c1cccc([N+](=O)[O-])c1)C(C#N)C#N. The fourth-order valence-corrected chi connectivity index (χ4v) is 2.37. The average Bonchev–Trinajstić information content (AvgIpc) is 2.84. The fourth-order valence-electron chi connectivity index (χ4n) is 2.37. The lowest BCUT2D eigenvalue weighted by Crippen LogP contribution is -2.19. The molecule has 2 N–H and O–H groups in total. The number of benzene rings is 1. The number of rotatable bonds is 4. The smallest absolute Gasteiger partial charge is 0.269 e. The summed E-state index contributed by atoms with van der Waals surface area (Å²) in [5.74, 6) is -2.01. The van der Waals surface area contributed by atoms with E-state index in [1.165, 1.54) is 18.2 Å². The molecule has 110 valence electrons. The predicted octanol–water partition coefficient (Wildman–Crippen LogP) is 1.71. The number of nitro groups is 1. The number of H-pyrrole nitrogens is 2. The molecule has 0 saturated heterocycles. The van der Waals surface area contributed by atoms with Crippen molar-refractivity contribution in [1.29, 1.82) is 10.5 Å². The topological polar surface area (TPSA) is 139 Å². The van der Waals surface area contributed by atoms with Crippen molar-refractivity contribution in [1.82, 2.24) is 10.2 Å². The first-order valence-corrected chi connectivity index (χ1v) is 6.30. The fraction of sp³-hybridized carbons (Fsp3) is 0.214. The van der Waals surface area contributed by atoms with Gasteiger partial charge in [0.2, 0.25) is 0 Å². The number of aromatic nitrogens is 2. The molecule has 0 saturated carbocycles. The molecule has 0 aliphatic heterocycles. The number of nitrogens with one attached hydrogen (secondary N) is 2. The van der Waals surface area contributed by atoms with E-state index in [9.17, 15) is 25.4 Å². The lowest BCUT2D eigenvalue weighted by atomic mass is 9.82. The molecule has 0 amide bonds. The maximum absolute atomic E-state index is 12.0. The Kier molecular flexibility index (Phi) is 4.05. The molecule has 8 heteroatoms. The number of nitrogens with zero attached hydrogens (tertiary/aromatic N) is 3. The second kappa shape index (κ2) is 5.94. The molecule has 1 heterocycles. The first-order valence-electron chi connectivity index (χ1n) is 6.30. The van der Waals surface area contributed by atoms with Crippen molar-refractivity contribution >= 4 is 5.69 Å². The lowest BCUT2D eigenvalue weighted by molar-refractivity contribution is -0.384. The van der Waals surface area contributed by atoms with E-state index in [0.29, 0.717) is 11.3 Å². The second-order valence-electron chi connectivity index (χ2n) is 4.68. The van der Waals surface area contributed by atoms with E-state index in [1.54, 1.807) is 13.0 Å². The van der Waals surface area contributed by atoms with Crippen molar-refractivity contribution in [3.63, 3.8) is 0 Å². The van der Waals surface area contributed by atoms with Crippen molar-refractivity contribution in [2.24, 2.45) is 5.92 Å². The summed E-state index contributed by atoms with van der Waals surface area (Å²) in [6.07, 6.45) is 0. The van der Waals surface area contributed by atoms with E-state index in [0.717, 1.165) is 0 Å². The average molecular weight is 297 g/mol. The normalized spacial score (nSPS) is 11.6. The minimum absolute atomic E-state index is 0.165. The molecule has 0 radical (unpaired) electrons. The number of nitro benzene ring substituents is 1. The third-order valence-corrected chi connectivity index (χ3v) is 3.37. The van der Waals surface area contributed by atoms with Gasteiger partial charge in [-0.3, -0.25) is 20.0 Å². The van der Waals surface area contributed by atoms with Gasteiger partial charge in [0.25, 0.3) is 11.2 Å². The van der Waals surface area contributed by atoms with E-state index < -0.39 is 22.3 Å². The molecule has 1 aromatic carbocycles. The summed E-state index contributed by atoms with van der Waals surface area (Å²) in [6.45, 7) is 1.63. The highest BCUT2D eigenvalue weighted by molar-refractivity contribution is 5.43.